The summed E-state index contributed by atoms with van der Waals surface area (Å²) in [7, 11) is 0. The van der Waals surface area contributed by atoms with E-state index in [9.17, 15) is 0 Å². The van der Waals surface area contributed by atoms with Crippen molar-refractivity contribution in [2.24, 2.45) is 0 Å². The second kappa shape index (κ2) is 6.99. The molecule has 34 heavy (non-hydrogen) atoms. The van der Waals surface area contributed by atoms with E-state index in [0.717, 1.165) is 44.3 Å². The second-order valence-corrected chi connectivity index (χ2v) is 8.42. The number of hydrogen-bond donors (Lipinski definition) is 0. The molecular weight excluding hydrogens is 425 g/mol. The Kier molecular flexibility index (Phi) is 3.91. The van der Waals surface area contributed by atoms with Crippen molar-refractivity contribution >= 4 is 43.9 Å². The van der Waals surface area contributed by atoms with Crippen molar-refractivity contribution in [3.05, 3.63) is 103 Å². The van der Waals surface area contributed by atoms with Gasteiger partial charge in [0.15, 0.2) is 0 Å². The van der Waals surface area contributed by atoms with Gasteiger partial charge in [0.05, 0.1) is 27.7 Å². The topological polar surface area (TPSA) is 43.9 Å². The molecule has 162 valence electrons. The first-order valence-electron chi connectivity index (χ1n) is 11.1. The van der Waals surface area contributed by atoms with E-state index >= 15 is 4.39 Å². The molecule has 7 aromatic rings. The van der Waals surface area contributed by atoms with Crippen LogP contribution in [0, 0.1) is 12.7 Å². The summed E-state index contributed by atoms with van der Waals surface area (Å²) >= 11 is 0. The molecular formula is C29H18FN3O. The van der Waals surface area contributed by atoms with Crippen molar-refractivity contribution in [2.45, 2.75) is 6.92 Å². The zero-order valence-electron chi connectivity index (χ0n) is 18.3. The number of pyridine rings is 1. The molecule has 0 unspecified atom stereocenters. The van der Waals surface area contributed by atoms with Crippen LogP contribution >= 0.6 is 0 Å². The molecule has 0 aliphatic rings. The van der Waals surface area contributed by atoms with Gasteiger partial charge in [0.1, 0.15) is 28.3 Å². The maximum Gasteiger partial charge on any atom is 0.149 e. The fourth-order valence-corrected chi connectivity index (χ4v) is 4.90. The van der Waals surface area contributed by atoms with Crippen LogP contribution in [-0.2, 0) is 0 Å². The molecule has 0 atom stereocenters. The van der Waals surface area contributed by atoms with Gasteiger partial charge < -0.3 is 4.42 Å². The van der Waals surface area contributed by atoms with Gasteiger partial charge in [0.2, 0.25) is 0 Å². The molecule has 0 fully saturated rings. The lowest BCUT2D eigenvalue weighted by molar-refractivity contribution is 0.634. The molecule has 4 nitrogen and oxygen atoms in total. The van der Waals surface area contributed by atoms with Crippen LogP contribution in [-0.4, -0.2) is 14.5 Å². The first-order chi connectivity index (χ1) is 16.7. The van der Waals surface area contributed by atoms with Gasteiger partial charge in [0, 0.05) is 16.5 Å². The molecule has 7 rings (SSSR count). The lowest BCUT2D eigenvalue weighted by Crippen LogP contribution is -1.99. The van der Waals surface area contributed by atoms with Crippen molar-refractivity contribution in [3.63, 3.8) is 0 Å². The smallest absolute Gasteiger partial charge is 0.149 e. The Morgan fingerprint density at radius 1 is 0.765 bits per heavy atom. The predicted octanol–water partition coefficient (Wildman–Crippen LogP) is 7.59. The van der Waals surface area contributed by atoms with Gasteiger partial charge in [-0.25, -0.2) is 9.37 Å². The van der Waals surface area contributed by atoms with E-state index in [0.29, 0.717) is 22.4 Å². The molecule has 3 aromatic heterocycles. The highest BCUT2D eigenvalue weighted by atomic mass is 19.1. The quantitative estimate of drug-likeness (QED) is 0.276. The van der Waals surface area contributed by atoms with Gasteiger partial charge >= 0.3 is 0 Å². The average Bonchev–Trinajstić information content (AvgIpc) is 3.46. The van der Waals surface area contributed by atoms with E-state index in [4.69, 9.17) is 14.4 Å². The molecule has 0 saturated heterocycles. The van der Waals surface area contributed by atoms with Crippen LogP contribution in [0.15, 0.2) is 95.4 Å². The summed E-state index contributed by atoms with van der Waals surface area (Å²) < 4.78 is 23.4. The predicted molar refractivity (Wildman–Crippen MR) is 134 cm³/mol. The normalized spacial score (nSPS) is 11.8. The van der Waals surface area contributed by atoms with Crippen molar-refractivity contribution in [3.8, 4) is 17.1 Å². The third-order valence-corrected chi connectivity index (χ3v) is 6.40. The summed E-state index contributed by atoms with van der Waals surface area (Å²) in [5.41, 5.74) is 6.36. The van der Waals surface area contributed by atoms with Gasteiger partial charge in [-0.1, -0.05) is 54.6 Å². The number of rotatable bonds is 2. The van der Waals surface area contributed by atoms with Crippen LogP contribution in [0.25, 0.3) is 61.0 Å². The number of aryl methyl sites for hydroxylation is 1. The summed E-state index contributed by atoms with van der Waals surface area (Å²) in [6, 6.07) is 29.0. The van der Waals surface area contributed by atoms with Crippen molar-refractivity contribution in [2.75, 3.05) is 0 Å². The Bertz CT molecular complexity index is 1880. The minimum absolute atomic E-state index is 0.311. The maximum atomic E-state index is 15.0. The molecule has 3 heterocycles. The van der Waals surface area contributed by atoms with E-state index in [-0.39, 0.29) is 5.82 Å². The van der Waals surface area contributed by atoms with Gasteiger partial charge in [-0.3, -0.25) is 9.55 Å². The number of para-hydroxylation sites is 3. The molecule has 0 aliphatic carbocycles. The summed E-state index contributed by atoms with van der Waals surface area (Å²) in [6.07, 6.45) is 0. The van der Waals surface area contributed by atoms with Crippen LogP contribution in [0.1, 0.15) is 5.69 Å². The Morgan fingerprint density at radius 3 is 2.35 bits per heavy atom. The van der Waals surface area contributed by atoms with Gasteiger partial charge in [-0.2, -0.15) is 0 Å². The number of hydrogen-bond acceptors (Lipinski definition) is 3. The van der Waals surface area contributed by atoms with Crippen LogP contribution in [0.3, 0.4) is 0 Å². The molecule has 0 saturated carbocycles. The molecule has 4 aromatic carbocycles. The molecule has 0 radical (unpaired) electrons. The Morgan fingerprint density at radius 2 is 1.50 bits per heavy atom. The highest BCUT2D eigenvalue weighted by Crippen LogP contribution is 2.40. The van der Waals surface area contributed by atoms with Crippen LogP contribution in [0.4, 0.5) is 4.39 Å². The third kappa shape index (κ3) is 2.58. The van der Waals surface area contributed by atoms with Gasteiger partial charge in [-0.05, 0) is 43.3 Å². The van der Waals surface area contributed by atoms with Gasteiger partial charge in [0.25, 0.3) is 0 Å². The summed E-state index contributed by atoms with van der Waals surface area (Å²) in [5, 5.41) is 2.23. The number of furan rings is 1. The number of benzene rings is 4. The Labute approximate surface area is 193 Å². The molecule has 0 aliphatic heterocycles. The standard InChI is InChI=1S/C29H18FN3O/c1-17-26-27(19-11-5-7-13-23(19)31-17)33(18-9-3-2-4-10-18)29(32-26)21-15-16-22(30)25-20-12-6-8-14-24(20)34-28(21)25/h2-16H,1H3. The second-order valence-electron chi connectivity index (χ2n) is 8.42. The first kappa shape index (κ1) is 19.0. The molecule has 0 N–H and O–H groups in total. The minimum atomic E-state index is -0.311. The first-order valence-corrected chi connectivity index (χ1v) is 11.1. The summed E-state index contributed by atoms with van der Waals surface area (Å²) in [4.78, 5) is 9.87. The highest BCUT2D eigenvalue weighted by Gasteiger charge is 2.23. The summed E-state index contributed by atoms with van der Waals surface area (Å²) in [6.45, 7) is 1.97. The van der Waals surface area contributed by atoms with E-state index in [1.807, 2.05) is 67.6 Å². The van der Waals surface area contributed by atoms with Crippen LogP contribution in [0.5, 0.6) is 0 Å². The fourth-order valence-electron chi connectivity index (χ4n) is 4.90. The molecule has 0 bridgehead atoms. The minimum Gasteiger partial charge on any atom is -0.455 e. The van der Waals surface area contributed by atoms with Crippen LogP contribution < -0.4 is 0 Å². The Hall–Kier alpha value is -4.51. The maximum absolute atomic E-state index is 15.0. The van der Waals surface area contributed by atoms with E-state index < -0.39 is 0 Å². The molecule has 0 spiro atoms. The van der Waals surface area contributed by atoms with Crippen LogP contribution in [0.2, 0.25) is 0 Å². The fraction of sp³-hybridized carbons (Fsp3) is 0.0345. The lowest BCUT2D eigenvalue weighted by atomic mass is 10.1. The number of aromatic nitrogens is 3. The number of fused-ring (bicyclic) bond motifs is 6. The lowest BCUT2D eigenvalue weighted by Gasteiger charge is -2.11. The summed E-state index contributed by atoms with van der Waals surface area (Å²) in [5.74, 6) is 0.376. The SMILES string of the molecule is Cc1nc2ccccc2c2c1nc(-c1ccc(F)c3c1oc1ccccc13)n2-c1ccccc1. The largest absolute Gasteiger partial charge is 0.455 e. The number of halogens is 1. The van der Waals surface area contributed by atoms with Crippen molar-refractivity contribution < 1.29 is 8.81 Å². The van der Waals surface area contributed by atoms with E-state index in [2.05, 4.69) is 22.8 Å². The Balaban J connectivity index is 1.69. The zero-order valence-corrected chi connectivity index (χ0v) is 18.3. The monoisotopic (exact) mass is 443 g/mol. The van der Waals surface area contributed by atoms with Crippen molar-refractivity contribution in [1.29, 1.82) is 0 Å². The zero-order chi connectivity index (χ0) is 22.8. The number of nitrogens with zero attached hydrogens (tertiary/aromatic N) is 3. The van der Waals surface area contributed by atoms with Gasteiger partial charge in [-0.15, -0.1) is 0 Å². The van der Waals surface area contributed by atoms with Crippen molar-refractivity contribution in [1.82, 2.24) is 14.5 Å². The molecule has 0 amide bonds. The van der Waals surface area contributed by atoms with E-state index in [1.54, 1.807) is 6.07 Å². The highest BCUT2D eigenvalue weighted by molar-refractivity contribution is 6.11. The van der Waals surface area contributed by atoms with E-state index in [1.165, 1.54) is 6.07 Å². The average molecular weight is 443 g/mol. The molecule has 5 heteroatoms. The third-order valence-electron chi connectivity index (χ3n) is 6.40. The number of imidazole rings is 1.